The summed E-state index contributed by atoms with van der Waals surface area (Å²) in [5.74, 6) is -0.403. The van der Waals surface area contributed by atoms with E-state index in [1.807, 2.05) is 0 Å². The highest BCUT2D eigenvalue weighted by atomic mass is 32.5. The van der Waals surface area contributed by atoms with Gasteiger partial charge in [0.1, 0.15) is 0 Å². The van der Waals surface area contributed by atoms with Crippen molar-refractivity contribution in [3.05, 3.63) is 12.7 Å². The molecule has 0 aliphatic heterocycles. The first-order valence-corrected chi connectivity index (χ1v) is 5.52. The number of hydrogen-bond donors (Lipinski definition) is 3. The normalized spacial score (nSPS) is 13.8. The van der Waals surface area contributed by atoms with Crippen LogP contribution in [0.4, 0.5) is 0 Å². The van der Waals surface area contributed by atoms with Gasteiger partial charge in [-0.15, -0.1) is 6.58 Å². The SMILES string of the molecule is C=CCO[P@](O)(=S)NC(C)=O.N. The highest BCUT2D eigenvalue weighted by Crippen LogP contribution is 2.36. The van der Waals surface area contributed by atoms with E-state index in [-0.39, 0.29) is 12.8 Å². The molecule has 0 aliphatic carbocycles. The molecule has 7 heteroatoms. The van der Waals surface area contributed by atoms with Crippen LogP contribution in [-0.4, -0.2) is 17.4 Å². The summed E-state index contributed by atoms with van der Waals surface area (Å²) in [6.45, 7) is 1.65. The smallest absolute Gasteiger partial charge is 0.287 e. The Balaban J connectivity index is 0. The summed E-state index contributed by atoms with van der Waals surface area (Å²) in [7, 11) is 0. The van der Waals surface area contributed by atoms with Gasteiger partial charge in [-0.2, -0.15) is 0 Å². The van der Waals surface area contributed by atoms with Gasteiger partial charge in [0.25, 0.3) is 6.64 Å². The first-order valence-electron chi connectivity index (χ1n) is 2.85. The molecule has 5 N–H and O–H groups in total. The predicted molar refractivity (Wildman–Crippen MR) is 51.5 cm³/mol. The molecule has 0 fully saturated rings. The molecule has 1 amide bonds. The van der Waals surface area contributed by atoms with Gasteiger partial charge in [0.15, 0.2) is 0 Å². The molecule has 0 unspecified atom stereocenters. The summed E-state index contributed by atoms with van der Waals surface area (Å²) < 4.78 is 4.72. The average Bonchev–Trinajstić information content (AvgIpc) is 1.81. The Morgan fingerprint density at radius 1 is 1.92 bits per heavy atom. The van der Waals surface area contributed by atoms with Gasteiger partial charge in [0, 0.05) is 6.92 Å². The molecule has 0 aromatic carbocycles. The molecule has 0 radical (unpaired) electrons. The van der Waals surface area contributed by atoms with E-state index in [9.17, 15) is 4.79 Å². The maximum atomic E-state index is 10.4. The fraction of sp³-hybridized carbons (Fsp3) is 0.400. The molecular formula is C5H13N2O3PS. The van der Waals surface area contributed by atoms with E-state index < -0.39 is 12.5 Å². The van der Waals surface area contributed by atoms with Crippen LogP contribution in [0.15, 0.2) is 12.7 Å². The lowest BCUT2D eigenvalue weighted by atomic mass is 10.7. The molecule has 0 rings (SSSR count). The topological polar surface area (TPSA) is 93.6 Å². The molecule has 0 aromatic heterocycles. The lowest BCUT2D eigenvalue weighted by Crippen LogP contribution is -2.17. The monoisotopic (exact) mass is 212 g/mol. The molecule has 0 spiro atoms. The zero-order chi connectivity index (χ0) is 8.91. The Hall–Kier alpha value is -0.260. The van der Waals surface area contributed by atoms with Gasteiger partial charge in [-0.25, -0.2) is 0 Å². The van der Waals surface area contributed by atoms with E-state index in [4.69, 9.17) is 9.42 Å². The fourth-order valence-corrected chi connectivity index (χ4v) is 1.72. The third-order valence-electron chi connectivity index (χ3n) is 0.666. The van der Waals surface area contributed by atoms with Crippen LogP contribution >= 0.6 is 6.64 Å². The maximum absolute atomic E-state index is 10.4. The van der Waals surface area contributed by atoms with Crippen molar-refractivity contribution in [3.63, 3.8) is 0 Å². The number of nitrogens with one attached hydrogen (secondary N) is 1. The van der Waals surface area contributed by atoms with Gasteiger partial charge in [0.05, 0.1) is 6.61 Å². The summed E-state index contributed by atoms with van der Waals surface area (Å²) >= 11 is 4.55. The highest BCUT2D eigenvalue weighted by Gasteiger charge is 2.13. The van der Waals surface area contributed by atoms with E-state index in [1.165, 1.54) is 13.0 Å². The standard InChI is InChI=1S/C5H10NO3PS.H3N/c1-3-4-9-10(8,11)6-5(2)7;/h3H,1,4H2,2H3,(H2,6,7,8,11);1H3/t10-;/m0./s1. The summed E-state index contributed by atoms with van der Waals surface area (Å²) in [6, 6.07) is 0. The molecule has 0 aromatic rings. The molecule has 5 nitrogen and oxygen atoms in total. The van der Waals surface area contributed by atoms with Crippen molar-refractivity contribution in [1.82, 2.24) is 11.2 Å². The van der Waals surface area contributed by atoms with Crippen molar-refractivity contribution in [2.75, 3.05) is 6.61 Å². The third kappa shape index (κ3) is 7.84. The first-order chi connectivity index (χ1) is 4.98. The van der Waals surface area contributed by atoms with E-state index >= 15 is 0 Å². The van der Waals surface area contributed by atoms with Gasteiger partial charge in [-0.3, -0.25) is 9.88 Å². The van der Waals surface area contributed by atoms with Crippen molar-refractivity contribution in [2.24, 2.45) is 0 Å². The van der Waals surface area contributed by atoms with Crippen LogP contribution in [0.25, 0.3) is 0 Å². The molecule has 12 heavy (non-hydrogen) atoms. The molecule has 0 heterocycles. The second-order valence-electron chi connectivity index (χ2n) is 1.77. The van der Waals surface area contributed by atoms with Crippen LogP contribution in [0.5, 0.6) is 0 Å². The molecule has 0 saturated heterocycles. The molecule has 1 atom stereocenters. The molecular weight excluding hydrogens is 199 g/mol. The summed E-state index contributed by atoms with van der Waals surface area (Å²) in [5, 5.41) is 2.13. The molecule has 72 valence electrons. The van der Waals surface area contributed by atoms with Crippen LogP contribution in [0, 0.1) is 0 Å². The average molecular weight is 212 g/mol. The third-order valence-corrected chi connectivity index (χ3v) is 2.35. The second-order valence-corrected chi connectivity index (χ2v) is 4.78. The fourth-order valence-electron chi connectivity index (χ4n) is 0.385. The van der Waals surface area contributed by atoms with Gasteiger partial charge in [0.2, 0.25) is 5.91 Å². The Kier molecular flexibility index (Phi) is 7.47. The minimum absolute atomic E-state index is 0. The predicted octanol–water partition coefficient (Wildman–Crippen LogP) is 0.704. The lowest BCUT2D eigenvalue weighted by molar-refractivity contribution is -0.117. The quantitative estimate of drug-likeness (QED) is 0.471. The number of rotatable bonds is 4. The van der Waals surface area contributed by atoms with Crippen LogP contribution < -0.4 is 11.2 Å². The Labute approximate surface area is 76.6 Å². The van der Waals surface area contributed by atoms with Crippen LogP contribution in [0.3, 0.4) is 0 Å². The van der Waals surface area contributed by atoms with Crippen molar-refractivity contribution >= 4 is 24.4 Å². The molecule has 0 saturated carbocycles. The number of hydrogen-bond acceptors (Lipinski definition) is 4. The van der Waals surface area contributed by atoms with Crippen LogP contribution in [-0.2, 0) is 21.1 Å². The summed E-state index contributed by atoms with van der Waals surface area (Å²) in [6.07, 6.45) is 1.44. The first kappa shape index (κ1) is 14.3. The van der Waals surface area contributed by atoms with Crippen LogP contribution in [0.2, 0.25) is 0 Å². The van der Waals surface area contributed by atoms with Crippen molar-refractivity contribution in [2.45, 2.75) is 6.92 Å². The van der Waals surface area contributed by atoms with E-state index in [0.29, 0.717) is 0 Å². The zero-order valence-corrected chi connectivity index (χ0v) is 8.53. The minimum atomic E-state index is -3.10. The Morgan fingerprint density at radius 2 is 2.42 bits per heavy atom. The van der Waals surface area contributed by atoms with Crippen molar-refractivity contribution in [1.29, 1.82) is 0 Å². The van der Waals surface area contributed by atoms with Crippen LogP contribution in [0.1, 0.15) is 6.92 Å². The molecule has 0 bridgehead atoms. The molecule has 0 aliphatic rings. The lowest BCUT2D eigenvalue weighted by Gasteiger charge is -2.13. The summed E-state index contributed by atoms with van der Waals surface area (Å²) in [5.41, 5.74) is 0. The number of carbonyl (C=O) groups excluding carboxylic acids is 1. The number of amides is 1. The Bertz CT molecular complexity index is 209. The van der Waals surface area contributed by atoms with Gasteiger partial charge in [-0.1, -0.05) is 6.08 Å². The largest absolute Gasteiger partial charge is 0.344 e. The second kappa shape index (κ2) is 6.28. The minimum Gasteiger partial charge on any atom is -0.344 e. The zero-order valence-electron chi connectivity index (χ0n) is 6.82. The number of carbonyl (C=O) groups is 1. The van der Waals surface area contributed by atoms with Gasteiger partial charge >= 0.3 is 0 Å². The maximum Gasteiger partial charge on any atom is 0.287 e. The van der Waals surface area contributed by atoms with E-state index in [2.05, 4.69) is 23.5 Å². The van der Waals surface area contributed by atoms with Gasteiger partial charge < -0.3 is 15.6 Å². The Morgan fingerprint density at radius 3 is 2.75 bits per heavy atom. The van der Waals surface area contributed by atoms with Gasteiger partial charge in [-0.05, 0) is 11.8 Å². The van der Waals surface area contributed by atoms with E-state index in [1.54, 1.807) is 0 Å². The summed E-state index contributed by atoms with van der Waals surface area (Å²) in [4.78, 5) is 19.5. The van der Waals surface area contributed by atoms with Crippen molar-refractivity contribution < 1.29 is 14.2 Å². The van der Waals surface area contributed by atoms with E-state index in [0.717, 1.165) is 0 Å². The van der Waals surface area contributed by atoms with Crippen molar-refractivity contribution in [3.8, 4) is 0 Å². The highest BCUT2D eigenvalue weighted by molar-refractivity contribution is 8.08.